The summed E-state index contributed by atoms with van der Waals surface area (Å²) in [6.45, 7) is 13.8. The number of aryl methyl sites for hydroxylation is 3. The van der Waals surface area contributed by atoms with Crippen LogP contribution >= 0.6 is 0 Å². The third kappa shape index (κ3) is 15.5. The number of unbranched alkanes of at least 4 members (excludes halogenated alkanes) is 13. The fraction of sp³-hybridized carbons (Fsp3) is 0.600. The van der Waals surface area contributed by atoms with Crippen LogP contribution in [0.1, 0.15) is 197 Å². The summed E-state index contributed by atoms with van der Waals surface area (Å²) in [6.07, 6.45) is 32.3. The van der Waals surface area contributed by atoms with Gasteiger partial charge in [-0.15, -0.1) is 0 Å². The molecule has 0 aromatic heterocycles. The molecule has 0 aliphatic carbocycles. The molecule has 0 radical (unpaired) electrons. The molecule has 2 heteroatoms. The standard InChI is InChI=1S/C50H76N2/c1-7-13-18-23-32-44-37-41(36-43(29-17-11-5)48(44)34-27-20-15-9-3)38-46(12-6)51-52-47-39-45(33-24-19-14-8-2)49(35-28-21-16-10-4)50(40-47)42-30-25-22-26-31-42/h22,25-26,30-31,36-40H,7-21,23-24,27-29,32-35H2,1-6H3. The van der Waals surface area contributed by atoms with Crippen molar-refractivity contribution in [3.05, 3.63) is 93.7 Å². The normalized spacial score (nSPS) is 12.0. The van der Waals surface area contributed by atoms with Crippen LogP contribution in [0.15, 0.2) is 70.5 Å². The van der Waals surface area contributed by atoms with Gasteiger partial charge in [0.1, 0.15) is 0 Å². The fourth-order valence-corrected chi connectivity index (χ4v) is 7.67. The molecule has 52 heavy (non-hydrogen) atoms. The lowest BCUT2D eigenvalue weighted by atomic mass is 9.88. The van der Waals surface area contributed by atoms with Gasteiger partial charge in [-0.05, 0) is 133 Å². The summed E-state index contributed by atoms with van der Waals surface area (Å²) >= 11 is 0. The summed E-state index contributed by atoms with van der Waals surface area (Å²) in [5.41, 5.74) is 13.9. The molecule has 3 rings (SSSR count). The Morgan fingerprint density at radius 1 is 0.481 bits per heavy atom. The van der Waals surface area contributed by atoms with Crippen molar-refractivity contribution < 1.29 is 0 Å². The van der Waals surface area contributed by atoms with Gasteiger partial charge in [0.15, 0.2) is 0 Å². The van der Waals surface area contributed by atoms with Crippen LogP contribution in [0.4, 0.5) is 5.69 Å². The Morgan fingerprint density at radius 2 is 0.962 bits per heavy atom. The SMILES string of the molecule is CCCCCCc1cc(C=C(CC)N=Nc2cc(CCCCCC)c(CCCCCC)c(-c3ccccc3)c2)cc(CCCC)c1CCCCCC. The van der Waals surface area contributed by atoms with Crippen molar-refractivity contribution in [3.63, 3.8) is 0 Å². The van der Waals surface area contributed by atoms with Gasteiger partial charge in [0.25, 0.3) is 0 Å². The minimum atomic E-state index is 0.864. The van der Waals surface area contributed by atoms with Crippen LogP contribution in [0.3, 0.4) is 0 Å². The highest BCUT2D eigenvalue weighted by molar-refractivity contribution is 5.73. The van der Waals surface area contributed by atoms with E-state index in [4.69, 9.17) is 10.2 Å². The number of benzene rings is 3. The van der Waals surface area contributed by atoms with Gasteiger partial charge in [-0.2, -0.15) is 10.2 Å². The first kappa shape index (κ1) is 43.4. The summed E-state index contributed by atoms with van der Waals surface area (Å²) in [4.78, 5) is 0. The topological polar surface area (TPSA) is 24.7 Å². The highest BCUT2D eigenvalue weighted by atomic mass is 15.1. The molecule has 0 fully saturated rings. The van der Waals surface area contributed by atoms with Crippen LogP contribution < -0.4 is 0 Å². The first-order chi connectivity index (χ1) is 25.6. The fourth-order valence-electron chi connectivity index (χ4n) is 7.67. The molecule has 0 saturated heterocycles. The number of allylic oxidation sites excluding steroid dienone is 1. The van der Waals surface area contributed by atoms with E-state index in [0.717, 1.165) is 30.6 Å². The number of nitrogens with zero attached hydrogens (tertiary/aromatic N) is 2. The lowest BCUT2D eigenvalue weighted by Gasteiger charge is -2.18. The molecule has 3 aromatic rings. The molecule has 0 spiro atoms. The molecule has 0 amide bonds. The summed E-state index contributed by atoms with van der Waals surface area (Å²) < 4.78 is 0. The van der Waals surface area contributed by atoms with Gasteiger partial charge in [-0.25, -0.2) is 0 Å². The van der Waals surface area contributed by atoms with Gasteiger partial charge in [-0.3, -0.25) is 0 Å². The summed E-state index contributed by atoms with van der Waals surface area (Å²) in [7, 11) is 0. The Bertz CT molecular complexity index is 1450. The van der Waals surface area contributed by atoms with Crippen LogP contribution in [0.5, 0.6) is 0 Å². The molecule has 2 nitrogen and oxygen atoms in total. The molecule has 0 atom stereocenters. The highest BCUT2D eigenvalue weighted by Gasteiger charge is 2.14. The molecule has 286 valence electrons. The second kappa shape index (κ2) is 26.7. The molecule has 0 aliphatic heterocycles. The van der Waals surface area contributed by atoms with Crippen LogP contribution in [0.25, 0.3) is 17.2 Å². The molecule has 0 N–H and O–H groups in total. The molecule has 0 unspecified atom stereocenters. The van der Waals surface area contributed by atoms with Crippen molar-refractivity contribution in [3.8, 4) is 11.1 Å². The summed E-state index contributed by atoms with van der Waals surface area (Å²) in [6, 6.07) is 20.7. The minimum Gasteiger partial charge on any atom is -0.155 e. The van der Waals surface area contributed by atoms with Gasteiger partial charge >= 0.3 is 0 Å². The molecule has 0 aliphatic rings. The average molecular weight is 705 g/mol. The zero-order chi connectivity index (χ0) is 37.2. The third-order valence-corrected chi connectivity index (χ3v) is 10.8. The van der Waals surface area contributed by atoms with E-state index in [0.29, 0.717) is 0 Å². The number of hydrogen-bond donors (Lipinski definition) is 0. The van der Waals surface area contributed by atoms with Crippen LogP contribution in [0, 0.1) is 0 Å². The Labute approximate surface area is 321 Å². The van der Waals surface area contributed by atoms with Crippen LogP contribution in [-0.4, -0.2) is 0 Å². The lowest BCUT2D eigenvalue weighted by Crippen LogP contribution is -2.03. The van der Waals surface area contributed by atoms with Crippen molar-refractivity contribution in [2.24, 2.45) is 10.2 Å². The second-order valence-electron chi connectivity index (χ2n) is 15.4. The first-order valence-corrected chi connectivity index (χ1v) is 22.1. The van der Waals surface area contributed by atoms with Crippen molar-refractivity contribution in [2.45, 2.75) is 196 Å². The average Bonchev–Trinajstić information content (AvgIpc) is 3.17. The maximum atomic E-state index is 5.01. The zero-order valence-electron chi connectivity index (χ0n) is 34.6. The maximum absolute atomic E-state index is 5.01. The van der Waals surface area contributed by atoms with E-state index in [-0.39, 0.29) is 0 Å². The predicted octanol–water partition coefficient (Wildman–Crippen LogP) is 16.7. The maximum Gasteiger partial charge on any atom is 0.0866 e. The molecular formula is C50H76N2. The van der Waals surface area contributed by atoms with Crippen molar-refractivity contribution in [1.82, 2.24) is 0 Å². The molecule has 3 aromatic carbocycles. The zero-order valence-corrected chi connectivity index (χ0v) is 34.6. The van der Waals surface area contributed by atoms with E-state index < -0.39 is 0 Å². The van der Waals surface area contributed by atoms with Crippen molar-refractivity contribution >= 4 is 11.8 Å². The molecule has 0 heterocycles. The number of rotatable bonds is 28. The Balaban J connectivity index is 2.04. The molecule has 0 bridgehead atoms. The van der Waals surface area contributed by atoms with Gasteiger partial charge in [0, 0.05) is 0 Å². The Hall–Kier alpha value is -3.00. The van der Waals surface area contributed by atoms with Gasteiger partial charge < -0.3 is 0 Å². The summed E-state index contributed by atoms with van der Waals surface area (Å²) in [5, 5.41) is 10.0. The van der Waals surface area contributed by atoms with E-state index in [1.165, 1.54) is 163 Å². The van der Waals surface area contributed by atoms with Gasteiger partial charge in [-0.1, -0.05) is 167 Å². The lowest BCUT2D eigenvalue weighted by molar-refractivity contribution is 0.646. The van der Waals surface area contributed by atoms with E-state index in [1.807, 2.05) is 0 Å². The minimum absolute atomic E-state index is 0.864. The van der Waals surface area contributed by atoms with Crippen LogP contribution in [-0.2, 0) is 32.1 Å². The van der Waals surface area contributed by atoms with Crippen LogP contribution in [0.2, 0.25) is 0 Å². The second-order valence-corrected chi connectivity index (χ2v) is 15.4. The summed E-state index contributed by atoms with van der Waals surface area (Å²) in [5.74, 6) is 0. The largest absolute Gasteiger partial charge is 0.155 e. The van der Waals surface area contributed by atoms with E-state index >= 15 is 0 Å². The van der Waals surface area contributed by atoms with Crippen molar-refractivity contribution in [2.75, 3.05) is 0 Å². The van der Waals surface area contributed by atoms with Gasteiger partial charge in [0.2, 0.25) is 0 Å². The number of azo groups is 1. The van der Waals surface area contributed by atoms with Gasteiger partial charge in [0.05, 0.1) is 11.4 Å². The van der Waals surface area contributed by atoms with E-state index in [2.05, 4.69) is 102 Å². The Kier molecular flexibility index (Phi) is 22.3. The number of hydrogen-bond acceptors (Lipinski definition) is 2. The quantitative estimate of drug-likeness (QED) is 0.0531. The smallest absolute Gasteiger partial charge is 0.0866 e. The van der Waals surface area contributed by atoms with E-state index in [1.54, 1.807) is 16.7 Å². The predicted molar refractivity (Wildman–Crippen MR) is 231 cm³/mol. The van der Waals surface area contributed by atoms with Crippen molar-refractivity contribution in [1.29, 1.82) is 0 Å². The molecule has 0 saturated carbocycles. The highest BCUT2D eigenvalue weighted by Crippen LogP contribution is 2.35. The third-order valence-electron chi connectivity index (χ3n) is 10.8. The first-order valence-electron chi connectivity index (χ1n) is 22.1. The van der Waals surface area contributed by atoms with E-state index in [9.17, 15) is 0 Å². The Morgan fingerprint density at radius 3 is 1.48 bits per heavy atom. The monoisotopic (exact) mass is 705 g/mol. The molecular weight excluding hydrogens is 629 g/mol.